The number of nitrogens with zero attached hydrogens (tertiary/aromatic N) is 4. The summed E-state index contributed by atoms with van der Waals surface area (Å²) in [6.45, 7) is 3.76. The first-order valence-corrected chi connectivity index (χ1v) is 8.47. The van der Waals surface area contributed by atoms with E-state index in [1.54, 1.807) is 24.9 Å². The maximum Gasteiger partial charge on any atom is 0.323 e. The number of aromatic nitrogens is 4. The third kappa shape index (κ3) is 3.92. The quantitative estimate of drug-likeness (QED) is 0.430. The second-order valence-electron chi connectivity index (χ2n) is 4.49. The highest BCUT2D eigenvalue weighted by atomic mass is 32.2. The zero-order chi connectivity index (χ0) is 16.1. The Kier molecular flexibility index (Phi) is 5.67. The molecule has 1 atom stereocenters. The number of Topliss-reactive ketones (excluding diaryl/α,β-unsaturated/α-hetero) is 1. The average Bonchev–Trinajstić information content (AvgIpc) is 3.06. The fraction of sp³-hybridized carbons (Fsp3) is 0.462. The van der Waals surface area contributed by atoms with E-state index in [1.165, 1.54) is 23.1 Å². The molecule has 2 aromatic rings. The third-order valence-electron chi connectivity index (χ3n) is 2.74. The molecular weight excluding hydrogens is 324 g/mol. The lowest BCUT2D eigenvalue weighted by Gasteiger charge is -2.11. The van der Waals surface area contributed by atoms with Gasteiger partial charge in [-0.05, 0) is 13.8 Å². The van der Waals surface area contributed by atoms with E-state index >= 15 is 0 Å². The van der Waals surface area contributed by atoms with Gasteiger partial charge in [-0.3, -0.25) is 9.59 Å². The second kappa shape index (κ2) is 7.50. The Hall–Kier alpha value is -1.74. The minimum atomic E-state index is -0.973. The molecule has 0 radical (unpaired) electrons. The number of carbonyl (C=O) groups is 2. The molecule has 0 amide bonds. The van der Waals surface area contributed by atoms with Crippen molar-refractivity contribution in [2.24, 2.45) is 7.05 Å². The predicted molar refractivity (Wildman–Crippen MR) is 83.0 cm³/mol. The monoisotopic (exact) mass is 340 g/mol. The molecular formula is C13H16N4O3S2. The van der Waals surface area contributed by atoms with Crippen LogP contribution in [0.25, 0.3) is 0 Å². The van der Waals surface area contributed by atoms with Crippen LogP contribution >= 0.6 is 23.1 Å². The third-order valence-corrected chi connectivity index (χ3v) is 4.83. The van der Waals surface area contributed by atoms with E-state index < -0.39 is 11.9 Å². The van der Waals surface area contributed by atoms with Crippen LogP contribution in [0.3, 0.4) is 0 Å². The zero-order valence-electron chi connectivity index (χ0n) is 12.5. The number of carbonyl (C=O) groups excluding carboxylic acids is 2. The van der Waals surface area contributed by atoms with Crippen LogP contribution in [0.4, 0.5) is 0 Å². The van der Waals surface area contributed by atoms with Gasteiger partial charge in [0.05, 0.1) is 12.4 Å². The Morgan fingerprint density at radius 2 is 2.27 bits per heavy atom. The molecule has 2 aromatic heterocycles. The minimum Gasteiger partial charge on any atom is -0.465 e. The molecule has 0 spiro atoms. The predicted octanol–water partition coefficient (Wildman–Crippen LogP) is 1.59. The first-order chi connectivity index (χ1) is 10.5. The second-order valence-corrected chi connectivity index (χ2v) is 6.32. The van der Waals surface area contributed by atoms with Gasteiger partial charge in [-0.1, -0.05) is 11.8 Å². The molecule has 0 aliphatic carbocycles. The molecule has 0 bridgehead atoms. The number of ether oxygens (including phenoxy) is 1. The molecule has 0 saturated carbocycles. The SMILES string of the molecule is CCOC(=O)C(C(=O)CSc1nncn1C)c1nc(C)cs1. The molecule has 0 fully saturated rings. The lowest BCUT2D eigenvalue weighted by Crippen LogP contribution is -2.25. The van der Waals surface area contributed by atoms with E-state index in [-0.39, 0.29) is 18.1 Å². The summed E-state index contributed by atoms with van der Waals surface area (Å²) in [4.78, 5) is 28.8. The summed E-state index contributed by atoms with van der Waals surface area (Å²) in [5.41, 5.74) is 0.781. The van der Waals surface area contributed by atoms with E-state index in [1.807, 2.05) is 12.3 Å². The van der Waals surface area contributed by atoms with Gasteiger partial charge < -0.3 is 9.30 Å². The Morgan fingerprint density at radius 1 is 1.50 bits per heavy atom. The van der Waals surface area contributed by atoms with Crippen molar-refractivity contribution in [3.63, 3.8) is 0 Å². The van der Waals surface area contributed by atoms with Crippen LogP contribution in [0, 0.1) is 6.92 Å². The topological polar surface area (TPSA) is 87.0 Å². The lowest BCUT2D eigenvalue weighted by molar-refractivity contribution is -0.147. The van der Waals surface area contributed by atoms with Gasteiger partial charge in [0.2, 0.25) is 0 Å². The highest BCUT2D eigenvalue weighted by Crippen LogP contribution is 2.25. The van der Waals surface area contributed by atoms with Crippen LogP contribution in [-0.4, -0.2) is 43.9 Å². The molecule has 0 N–H and O–H groups in total. The first kappa shape index (κ1) is 16.6. The maximum atomic E-state index is 12.5. The highest BCUT2D eigenvalue weighted by molar-refractivity contribution is 7.99. The Morgan fingerprint density at radius 3 is 2.82 bits per heavy atom. The van der Waals surface area contributed by atoms with Crippen LogP contribution < -0.4 is 0 Å². The zero-order valence-corrected chi connectivity index (χ0v) is 14.1. The summed E-state index contributed by atoms with van der Waals surface area (Å²) < 4.78 is 6.73. The number of hydrogen-bond acceptors (Lipinski definition) is 8. The summed E-state index contributed by atoms with van der Waals surface area (Å²) >= 11 is 2.53. The fourth-order valence-electron chi connectivity index (χ4n) is 1.72. The van der Waals surface area contributed by atoms with Crippen molar-refractivity contribution < 1.29 is 14.3 Å². The number of ketones is 1. The molecule has 9 heteroatoms. The fourth-order valence-corrected chi connectivity index (χ4v) is 3.42. The Labute approximate surface area is 136 Å². The first-order valence-electron chi connectivity index (χ1n) is 6.61. The van der Waals surface area contributed by atoms with Gasteiger partial charge in [0, 0.05) is 18.1 Å². The summed E-state index contributed by atoms with van der Waals surface area (Å²) in [6.07, 6.45) is 1.56. The number of aryl methyl sites for hydroxylation is 2. The summed E-state index contributed by atoms with van der Waals surface area (Å²) in [5, 5.41) is 10.5. The summed E-state index contributed by atoms with van der Waals surface area (Å²) in [7, 11) is 1.79. The standard InChI is InChI=1S/C13H16N4O3S2/c1-4-20-12(19)10(11-15-8(2)5-21-11)9(18)6-22-13-16-14-7-17(13)3/h5,7,10H,4,6H2,1-3H3. The number of hydrogen-bond donors (Lipinski definition) is 0. The van der Waals surface area contributed by atoms with Crippen molar-refractivity contribution >= 4 is 34.9 Å². The molecule has 22 heavy (non-hydrogen) atoms. The summed E-state index contributed by atoms with van der Waals surface area (Å²) in [6, 6.07) is 0. The molecule has 0 aliphatic heterocycles. The average molecular weight is 340 g/mol. The molecule has 2 rings (SSSR count). The molecule has 1 unspecified atom stereocenters. The molecule has 7 nitrogen and oxygen atoms in total. The van der Waals surface area contributed by atoms with Gasteiger partial charge in [-0.15, -0.1) is 21.5 Å². The molecule has 0 aromatic carbocycles. The normalized spacial score (nSPS) is 12.1. The van der Waals surface area contributed by atoms with Gasteiger partial charge in [0.15, 0.2) is 16.9 Å². The van der Waals surface area contributed by atoms with Crippen molar-refractivity contribution in [3.05, 3.63) is 22.4 Å². The molecule has 2 heterocycles. The van der Waals surface area contributed by atoms with Gasteiger partial charge in [-0.2, -0.15) is 0 Å². The number of thiazole rings is 1. The van der Waals surface area contributed by atoms with E-state index in [0.717, 1.165) is 5.69 Å². The molecule has 118 valence electrons. The van der Waals surface area contributed by atoms with E-state index in [0.29, 0.717) is 10.2 Å². The largest absolute Gasteiger partial charge is 0.465 e. The Bertz CT molecular complexity index is 668. The van der Waals surface area contributed by atoms with E-state index in [4.69, 9.17) is 4.74 Å². The number of esters is 1. The van der Waals surface area contributed by atoms with Gasteiger partial charge >= 0.3 is 5.97 Å². The van der Waals surface area contributed by atoms with E-state index in [9.17, 15) is 9.59 Å². The minimum absolute atomic E-state index is 0.106. The van der Waals surface area contributed by atoms with Crippen molar-refractivity contribution in [2.45, 2.75) is 24.9 Å². The summed E-state index contributed by atoms with van der Waals surface area (Å²) in [5.74, 6) is -1.67. The van der Waals surface area contributed by atoms with Crippen molar-refractivity contribution in [1.82, 2.24) is 19.7 Å². The smallest absolute Gasteiger partial charge is 0.323 e. The van der Waals surface area contributed by atoms with Gasteiger partial charge in [-0.25, -0.2) is 4.98 Å². The highest BCUT2D eigenvalue weighted by Gasteiger charge is 2.32. The molecule has 0 saturated heterocycles. The van der Waals surface area contributed by atoms with Crippen molar-refractivity contribution in [2.75, 3.05) is 12.4 Å². The van der Waals surface area contributed by atoms with Crippen molar-refractivity contribution in [3.8, 4) is 0 Å². The van der Waals surface area contributed by atoms with Crippen LogP contribution in [0.2, 0.25) is 0 Å². The van der Waals surface area contributed by atoms with Crippen LogP contribution in [0.5, 0.6) is 0 Å². The van der Waals surface area contributed by atoms with E-state index in [2.05, 4.69) is 15.2 Å². The number of rotatable bonds is 7. The van der Waals surface area contributed by atoms with Crippen LogP contribution in [-0.2, 0) is 21.4 Å². The lowest BCUT2D eigenvalue weighted by atomic mass is 10.1. The maximum absolute atomic E-state index is 12.5. The van der Waals surface area contributed by atoms with Gasteiger partial charge in [0.25, 0.3) is 0 Å². The van der Waals surface area contributed by atoms with Crippen molar-refractivity contribution in [1.29, 1.82) is 0 Å². The number of thioether (sulfide) groups is 1. The van der Waals surface area contributed by atoms with Gasteiger partial charge in [0.1, 0.15) is 11.3 Å². The molecule has 0 aliphatic rings. The van der Waals surface area contributed by atoms with Crippen LogP contribution in [0.15, 0.2) is 16.9 Å². The van der Waals surface area contributed by atoms with Crippen LogP contribution in [0.1, 0.15) is 23.5 Å². The Balaban J connectivity index is 2.12.